The normalized spacial score (nSPS) is 10.3. The average Bonchev–Trinajstić information content (AvgIpc) is 2.56. The Balaban J connectivity index is 2.53. The zero-order valence-corrected chi connectivity index (χ0v) is 9.11. The van der Waals surface area contributed by atoms with Crippen molar-refractivity contribution < 1.29 is 0 Å². The van der Waals surface area contributed by atoms with E-state index in [0.29, 0.717) is 0 Å². The van der Waals surface area contributed by atoms with Gasteiger partial charge in [0.25, 0.3) is 0 Å². The molecule has 0 saturated heterocycles. The minimum Gasteiger partial charge on any atom is -0.181 e. The van der Waals surface area contributed by atoms with E-state index in [0.717, 1.165) is 21.0 Å². The maximum Gasteiger partial charge on any atom is 0.105 e. The van der Waals surface area contributed by atoms with Gasteiger partial charge in [-0.1, -0.05) is 6.07 Å². The third-order valence-electron chi connectivity index (χ3n) is 1.62. The molecule has 0 atom stereocenters. The van der Waals surface area contributed by atoms with Crippen LogP contribution in [0.15, 0.2) is 34.2 Å². The summed E-state index contributed by atoms with van der Waals surface area (Å²) in [5.74, 6) is 0. The molecule has 66 valence electrons. The van der Waals surface area contributed by atoms with Crippen LogP contribution in [0.3, 0.4) is 0 Å². The SMILES string of the molecule is Sc1ccc(-c2cnsn2)c(S)c1. The second kappa shape index (κ2) is 3.69. The van der Waals surface area contributed by atoms with Crippen molar-refractivity contribution in [3.63, 3.8) is 0 Å². The summed E-state index contributed by atoms with van der Waals surface area (Å²) < 4.78 is 8.07. The summed E-state index contributed by atoms with van der Waals surface area (Å²) in [6.45, 7) is 0. The fourth-order valence-electron chi connectivity index (χ4n) is 1.02. The Bertz CT molecular complexity index is 411. The summed E-state index contributed by atoms with van der Waals surface area (Å²) in [4.78, 5) is 1.78. The molecule has 2 nitrogen and oxygen atoms in total. The van der Waals surface area contributed by atoms with Crippen molar-refractivity contribution >= 4 is 37.0 Å². The molecule has 13 heavy (non-hydrogen) atoms. The van der Waals surface area contributed by atoms with Crippen LogP contribution in [0.1, 0.15) is 0 Å². The van der Waals surface area contributed by atoms with E-state index in [1.165, 1.54) is 11.7 Å². The summed E-state index contributed by atoms with van der Waals surface area (Å²) in [5.41, 5.74) is 1.86. The van der Waals surface area contributed by atoms with Crippen LogP contribution < -0.4 is 0 Å². The lowest BCUT2D eigenvalue weighted by molar-refractivity contribution is 1.32. The zero-order chi connectivity index (χ0) is 9.26. The Labute approximate surface area is 91.2 Å². The molecule has 1 aromatic heterocycles. The molecule has 1 aromatic carbocycles. The predicted molar refractivity (Wildman–Crippen MR) is 59.8 cm³/mol. The first kappa shape index (κ1) is 9.05. The molecule has 0 bridgehead atoms. The largest absolute Gasteiger partial charge is 0.181 e. The van der Waals surface area contributed by atoms with Gasteiger partial charge in [-0.05, 0) is 12.1 Å². The third-order valence-corrected chi connectivity index (χ3v) is 2.74. The topological polar surface area (TPSA) is 25.8 Å². The van der Waals surface area contributed by atoms with Gasteiger partial charge in [0.2, 0.25) is 0 Å². The summed E-state index contributed by atoms with van der Waals surface area (Å²) in [6, 6.07) is 5.75. The highest BCUT2D eigenvalue weighted by molar-refractivity contribution is 7.81. The first-order chi connectivity index (χ1) is 6.27. The van der Waals surface area contributed by atoms with Crippen LogP contribution in [0.5, 0.6) is 0 Å². The van der Waals surface area contributed by atoms with Crippen LogP contribution in [0.2, 0.25) is 0 Å². The highest BCUT2D eigenvalue weighted by Crippen LogP contribution is 2.26. The molecule has 2 rings (SSSR count). The van der Waals surface area contributed by atoms with Crippen LogP contribution in [0.4, 0.5) is 0 Å². The number of hydrogen-bond acceptors (Lipinski definition) is 5. The van der Waals surface area contributed by atoms with E-state index in [-0.39, 0.29) is 0 Å². The van der Waals surface area contributed by atoms with Gasteiger partial charge in [-0.2, -0.15) is 8.75 Å². The van der Waals surface area contributed by atoms with E-state index in [1.54, 1.807) is 6.20 Å². The smallest absolute Gasteiger partial charge is 0.105 e. The fraction of sp³-hybridized carbons (Fsp3) is 0. The Morgan fingerprint density at radius 3 is 2.69 bits per heavy atom. The summed E-state index contributed by atoms with van der Waals surface area (Å²) in [6.07, 6.45) is 1.73. The Morgan fingerprint density at radius 1 is 1.23 bits per heavy atom. The van der Waals surface area contributed by atoms with Gasteiger partial charge >= 0.3 is 0 Å². The van der Waals surface area contributed by atoms with Gasteiger partial charge in [0, 0.05) is 15.4 Å². The summed E-state index contributed by atoms with van der Waals surface area (Å²) in [7, 11) is 0. The van der Waals surface area contributed by atoms with Crippen LogP contribution in [0.25, 0.3) is 11.3 Å². The van der Waals surface area contributed by atoms with Gasteiger partial charge in [0.05, 0.1) is 17.9 Å². The van der Waals surface area contributed by atoms with Crippen LogP contribution in [0, 0.1) is 0 Å². The van der Waals surface area contributed by atoms with Crippen molar-refractivity contribution in [2.24, 2.45) is 0 Å². The molecule has 0 aliphatic heterocycles. The molecule has 0 spiro atoms. The lowest BCUT2D eigenvalue weighted by Crippen LogP contribution is -1.79. The van der Waals surface area contributed by atoms with Gasteiger partial charge in [-0.25, -0.2) is 0 Å². The van der Waals surface area contributed by atoms with Crippen LogP contribution >= 0.6 is 37.0 Å². The van der Waals surface area contributed by atoms with Gasteiger partial charge in [0.15, 0.2) is 0 Å². The Hall–Kier alpha value is -0.520. The molecule has 0 N–H and O–H groups in total. The number of nitrogens with zero attached hydrogens (tertiary/aromatic N) is 2. The summed E-state index contributed by atoms with van der Waals surface area (Å²) >= 11 is 9.75. The molecule has 0 saturated carbocycles. The number of rotatable bonds is 1. The monoisotopic (exact) mass is 226 g/mol. The lowest BCUT2D eigenvalue weighted by atomic mass is 10.2. The van der Waals surface area contributed by atoms with E-state index < -0.39 is 0 Å². The quantitative estimate of drug-likeness (QED) is 0.731. The lowest BCUT2D eigenvalue weighted by Gasteiger charge is -2.00. The average molecular weight is 226 g/mol. The fourth-order valence-corrected chi connectivity index (χ4v) is 2.08. The minimum absolute atomic E-state index is 0.864. The molecule has 0 aliphatic rings. The van der Waals surface area contributed by atoms with Gasteiger partial charge in [0.1, 0.15) is 5.69 Å². The van der Waals surface area contributed by atoms with E-state index in [4.69, 9.17) is 0 Å². The standard InChI is InChI=1S/C8H6N2S3/c11-5-1-2-6(8(12)3-5)7-4-9-13-10-7/h1-4,11-12H. The molecular formula is C8H6N2S3. The molecule has 5 heteroatoms. The molecular weight excluding hydrogens is 220 g/mol. The molecule has 0 radical (unpaired) electrons. The maximum atomic E-state index is 4.34. The first-order valence-electron chi connectivity index (χ1n) is 3.57. The number of hydrogen-bond donors (Lipinski definition) is 2. The van der Waals surface area contributed by atoms with Crippen molar-refractivity contribution in [1.82, 2.24) is 8.75 Å². The second-order valence-electron chi connectivity index (χ2n) is 2.49. The molecule has 2 aromatic rings. The van der Waals surface area contributed by atoms with E-state index in [1.807, 2.05) is 18.2 Å². The zero-order valence-electron chi connectivity index (χ0n) is 6.51. The van der Waals surface area contributed by atoms with Crippen molar-refractivity contribution in [3.8, 4) is 11.3 Å². The second-order valence-corrected chi connectivity index (χ2v) is 4.05. The van der Waals surface area contributed by atoms with Gasteiger partial charge in [-0.3, -0.25) is 0 Å². The number of aromatic nitrogens is 2. The number of thiol groups is 2. The summed E-state index contributed by atoms with van der Waals surface area (Å²) in [5, 5.41) is 0. The molecule has 0 fully saturated rings. The van der Waals surface area contributed by atoms with E-state index >= 15 is 0 Å². The van der Waals surface area contributed by atoms with E-state index in [2.05, 4.69) is 34.0 Å². The van der Waals surface area contributed by atoms with Crippen molar-refractivity contribution in [3.05, 3.63) is 24.4 Å². The molecule has 0 amide bonds. The van der Waals surface area contributed by atoms with Gasteiger partial charge < -0.3 is 0 Å². The molecule has 0 unspecified atom stereocenters. The highest BCUT2D eigenvalue weighted by atomic mass is 32.1. The van der Waals surface area contributed by atoms with Crippen LogP contribution in [-0.2, 0) is 0 Å². The third kappa shape index (κ3) is 1.87. The highest BCUT2D eigenvalue weighted by Gasteiger charge is 2.04. The van der Waals surface area contributed by atoms with Crippen LogP contribution in [-0.4, -0.2) is 8.75 Å². The maximum absolute atomic E-state index is 4.34. The first-order valence-corrected chi connectivity index (χ1v) is 5.20. The van der Waals surface area contributed by atoms with Crippen molar-refractivity contribution in [2.75, 3.05) is 0 Å². The molecule has 0 aliphatic carbocycles. The Kier molecular flexibility index (Phi) is 2.57. The molecule has 1 heterocycles. The number of benzene rings is 1. The van der Waals surface area contributed by atoms with Crippen molar-refractivity contribution in [2.45, 2.75) is 9.79 Å². The van der Waals surface area contributed by atoms with E-state index in [9.17, 15) is 0 Å². The minimum atomic E-state index is 0.864. The predicted octanol–water partition coefficient (Wildman–Crippen LogP) is 2.78. The Morgan fingerprint density at radius 2 is 2.08 bits per heavy atom. The van der Waals surface area contributed by atoms with Gasteiger partial charge in [-0.15, -0.1) is 25.3 Å². The van der Waals surface area contributed by atoms with Crippen molar-refractivity contribution in [1.29, 1.82) is 0 Å².